The van der Waals surface area contributed by atoms with Crippen LogP contribution in [0, 0.1) is 0 Å². The highest BCUT2D eigenvalue weighted by Crippen LogP contribution is 2.21. The van der Waals surface area contributed by atoms with Crippen molar-refractivity contribution >= 4 is 39.2 Å². The molecule has 0 spiro atoms. The minimum Gasteiger partial charge on any atom is -0.459 e. The summed E-state index contributed by atoms with van der Waals surface area (Å²) in [6, 6.07) is 14.8. The van der Waals surface area contributed by atoms with Crippen LogP contribution in [0.5, 0.6) is 0 Å². The van der Waals surface area contributed by atoms with E-state index in [1.807, 2.05) is 0 Å². The number of amides is 1. The number of rotatable bonds is 6. The summed E-state index contributed by atoms with van der Waals surface area (Å²) in [5, 5.41) is 10.4. The predicted molar refractivity (Wildman–Crippen MR) is 109 cm³/mol. The van der Waals surface area contributed by atoms with E-state index < -0.39 is 15.9 Å². The zero-order valence-corrected chi connectivity index (χ0v) is 16.6. The Labute approximate surface area is 175 Å². The number of nitrogens with one attached hydrogen (secondary N) is 2. The van der Waals surface area contributed by atoms with Crippen LogP contribution in [0.15, 0.2) is 80.7 Å². The minimum absolute atomic E-state index is 0.0671. The summed E-state index contributed by atoms with van der Waals surface area (Å²) in [7, 11) is -3.78. The quantitative estimate of drug-likeness (QED) is 0.459. The van der Waals surface area contributed by atoms with Crippen molar-refractivity contribution in [2.75, 3.05) is 10.0 Å². The van der Waals surface area contributed by atoms with Crippen LogP contribution < -0.4 is 10.0 Å². The van der Waals surface area contributed by atoms with Gasteiger partial charge in [-0.05, 0) is 60.7 Å². The number of halogens is 1. The Bertz CT molecular complexity index is 1270. The number of nitrogens with zero attached hydrogens (tertiary/aromatic N) is 2. The molecular weight excluding hydrogens is 432 g/mol. The van der Waals surface area contributed by atoms with Crippen molar-refractivity contribution in [1.29, 1.82) is 0 Å². The molecule has 152 valence electrons. The molecule has 0 saturated heterocycles. The smallest absolute Gasteiger partial charge is 0.322 e. The third kappa shape index (κ3) is 4.34. The lowest BCUT2D eigenvalue weighted by Gasteiger charge is -2.09. The van der Waals surface area contributed by atoms with Crippen molar-refractivity contribution in [3.8, 4) is 11.7 Å². The molecule has 2 heterocycles. The Balaban J connectivity index is 1.43. The number of benzene rings is 2. The molecule has 0 saturated carbocycles. The topological polar surface area (TPSA) is 127 Å². The second-order valence-electron chi connectivity index (χ2n) is 5.98. The molecule has 0 aliphatic rings. The molecule has 2 aromatic heterocycles. The lowest BCUT2D eigenvalue weighted by atomic mass is 10.2. The number of anilines is 2. The first kappa shape index (κ1) is 19.7. The van der Waals surface area contributed by atoms with Gasteiger partial charge in [0, 0.05) is 16.3 Å². The van der Waals surface area contributed by atoms with Crippen LogP contribution in [0.1, 0.15) is 10.4 Å². The van der Waals surface area contributed by atoms with Gasteiger partial charge in [-0.2, -0.15) is 0 Å². The maximum Gasteiger partial charge on any atom is 0.322 e. The molecule has 4 aromatic rings. The average molecular weight is 445 g/mol. The van der Waals surface area contributed by atoms with Gasteiger partial charge in [0.15, 0.2) is 5.76 Å². The molecule has 2 N–H and O–H groups in total. The SMILES string of the molecule is O=C(Nc1nnc(-c2ccco2)o1)c1ccc(NS(=O)(=O)c2ccc(Cl)cc2)cc1. The van der Waals surface area contributed by atoms with E-state index in [2.05, 4.69) is 20.2 Å². The number of carbonyl (C=O) groups excluding carboxylic acids is 1. The van der Waals surface area contributed by atoms with E-state index in [0.29, 0.717) is 16.5 Å². The van der Waals surface area contributed by atoms with Crippen molar-refractivity contribution in [3.63, 3.8) is 0 Å². The highest BCUT2D eigenvalue weighted by atomic mass is 35.5. The van der Waals surface area contributed by atoms with Gasteiger partial charge in [-0.15, -0.1) is 5.10 Å². The van der Waals surface area contributed by atoms with Gasteiger partial charge in [0.2, 0.25) is 0 Å². The summed E-state index contributed by atoms with van der Waals surface area (Å²) in [5.41, 5.74) is 0.557. The van der Waals surface area contributed by atoms with E-state index in [-0.39, 0.29) is 22.4 Å². The van der Waals surface area contributed by atoms with E-state index in [9.17, 15) is 13.2 Å². The molecule has 0 fully saturated rings. The van der Waals surface area contributed by atoms with Crippen LogP contribution in [0.2, 0.25) is 5.02 Å². The van der Waals surface area contributed by atoms with E-state index >= 15 is 0 Å². The summed E-state index contributed by atoms with van der Waals surface area (Å²) in [6.45, 7) is 0. The fraction of sp³-hybridized carbons (Fsp3) is 0. The number of hydrogen-bond donors (Lipinski definition) is 2. The maximum absolute atomic E-state index is 12.4. The Morgan fingerprint density at radius 1 is 0.967 bits per heavy atom. The number of hydrogen-bond acceptors (Lipinski definition) is 7. The minimum atomic E-state index is -3.78. The second kappa shape index (κ2) is 8.01. The fourth-order valence-corrected chi connectivity index (χ4v) is 3.64. The van der Waals surface area contributed by atoms with Crippen molar-refractivity contribution < 1.29 is 22.0 Å². The van der Waals surface area contributed by atoms with Gasteiger partial charge in [-0.25, -0.2) is 8.42 Å². The van der Waals surface area contributed by atoms with Gasteiger partial charge in [-0.1, -0.05) is 16.7 Å². The Morgan fingerprint density at radius 3 is 2.37 bits per heavy atom. The molecule has 9 nitrogen and oxygen atoms in total. The van der Waals surface area contributed by atoms with Gasteiger partial charge >= 0.3 is 6.01 Å². The molecule has 2 aromatic carbocycles. The van der Waals surface area contributed by atoms with Gasteiger partial charge in [0.25, 0.3) is 21.8 Å². The summed E-state index contributed by atoms with van der Waals surface area (Å²) >= 11 is 5.78. The molecule has 1 amide bonds. The fourth-order valence-electron chi connectivity index (χ4n) is 2.46. The van der Waals surface area contributed by atoms with Crippen LogP contribution in [0.3, 0.4) is 0 Å². The summed E-state index contributed by atoms with van der Waals surface area (Å²) < 4.78 is 37.7. The molecule has 30 heavy (non-hydrogen) atoms. The largest absolute Gasteiger partial charge is 0.459 e. The van der Waals surface area contributed by atoms with Crippen molar-refractivity contribution in [2.45, 2.75) is 4.90 Å². The van der Waals surface area contributed by atoms with Gasteiger partial charge in [0.05, 0.1) is 11.2 Å². The third-order valence-electron chi connectivity index (χ3n) is 3.90. The molecule has 0 aliphatic carbocycles. The summed E-state index contributed by atoms with van der Waals surface area (Å²) in [5.74, 6) is -0.000620. The van der Waals surface area contributed by atoms with Crippen LogP contribution in [-0.2, 0) is 10.0 Å². The van der Waals surface area contributed by atoms with E-state index in [1.165, 1.54) is 54.8 Å². The highest BCUT2D eigenvalue weighted by molar-refractivity contribution is 7.92. The molecule has 0 radical (unpaired) electrons. The first-order valence-electron chi connectivity index (χ1n) is 8.48. The number of furan rings is 1. The zero-order chi connectivity index (χ0) is 21.1. The second-order valence-corrected chi connectivity index (χ2v) is 8.10. The zero-order valence-electron chi connectivity index (χ0n) is 15.1. The Morgan fingerprint density at radius 2 is 1.70 bits per heavy atom. The third-order valence-corrected chi connectivity index (χ3v) is 5.55. The van der Waals surface area contributed by atoms with Gasteiger partial charge in [0.1, 0.15) is 0 Å². The molecule has 4 rings (SSSR count). The first-order chi connectivity index (χ1) is 14.4. The Kier molecular flexibility index (Phi) is 5.25. The molecule has 11 heteroatoms. The summed E-state index contributed by atoms with van der Waals surface area (Å²) in [6.07, 6.45) is 1.46. The lowest BCUT2D eigenvalue weighted by Crippen LogP contribution is -2.14. The lowest BCUT2D eigenvalue weighted by molar-refractivity contribution is 0.102. The normalized spacial score (nSPS) is 11.2. The molecular formula is C19H13ClN4O5S. The van der Waals surface area contributed by atoms with Crippen molar-refractivity contribution in [3.05, 3.63) is 77.5 Å². The number of aromatic nitrogens is 2. The standard InChI is InChI=1S/C19H13ClN4O5S/c20-13-5-9-15(10-6-13)30(26,27)24-14-7-3-12(4-8-14)17(25)21-19-23-22-18(29-19)16-2-1-11-28-16/h1-11,24H,(H,21,23,25). The van der Waals surface area contributed by atoms with Crippen LogP contribution in [-0.4, -0.2) is 24.5 Å². The van der Waals surface area contributed by atoms with Crippen molar-refractivity contribution in [2.24, 2.45) is 0 Å². The predicted octanol–water partition coefficient (Wildman–Crippen LogP) is 4.04. The summed E-state index contributed by atoms with van der Waals surface area (Å²) in [4.78, 5) is 12.4. The molecule has 0 bridgehead atoms. The molecule has 0 aliphatic heterocycles. The van der Waals surface area contributed by atoms with E-state index in [0.717, 1.165) is 0 Å². The van der Waals surface area contributed by atoms with E-state index in [1.54, 1.807) is 12.1 Å². The maximum atomic E-state index is 12.4. The van der Waals surface area contributed by atoms with Crippen LogP contribution in [0.4, 0.5) is 11.7 Å². The van der Waals surface area contributed by atoms with E-state index in [4.69, 9.17) is 20.4 Å². The highest BCUT2D eigenvalue weighted by Gasteiger charge is 2.16. The van der Waals surface area contributed by atoms with Gasteiger partial charge < -0.3 is 8.83 Å². The molecule has 0 unspecified atom stereocenters. The van der Waals surface area contributed by atoms with Crippen LogP contribution >= 0.6 is 11.6 Å². The average Bonchev–Trinajstić information content (AvgIpc) is 3.40. The number of sulfonamides is 1. The molecule has 0 atom stereocenters. The first-order valence-corrected chi connectivity index (χ1v) is 10.3. The van der Waals surface area contributed by atoms with Crippen LogP contribution in [0.25, 0.3) is 11.7 Å². The Hall–Kier alpha value is -3.63. The van der Waals surface area contributed by atoms with Crippen molar-refractivity contribution in [1.82, 2.24) is 10.2 Å². The van der Waals surface area contributed by atoms with Gasteiger partial charge in [-0.3, -0.25) is 14.8 Å². The monoisotopic (exact) mass is 444 g/mol. The number of carbonyl (C=O) groups is 1.